The average Bonchev–Trinajstić information content (AvgIpc) is 3.49. The highest BCUT2D eigenvalue weighted by Crippen LogP contribution is 2.69. The smallest absolute Gasteiger partial charge is 0.155 e. The lowest BCUT2D eigenvalue weighted by atomic mass is 9.46. The van der Waals surface area contributed by atoms with Gasteiger partial charge in [-0.2, -0.15) is 0 Å². The highest BCUT2D eigenvalue weighted by atomic mass is 16.5. The first-order valence-corrected chi connectivity index (χ1v) is 15.3. The van der Waals surface area contributed by atoms with Gasteiger partial charge in [0.05, 0.1) is 5.60 Å². The lowest BCUT2D eigenvalue weighted by Crippen LogP contribution is -2.53. The van der Waals surface area contributed by atoms with Crippen LogP contribution in [0, 0.1) is 34.5 Å². The zero-order valence-electron chi connectivity index (χ0n) is 23.5. The molecule has 7 atom stereocenters. The van der Waals surface area contributed by atoms with Gasteiger partial charge in [0.25, 0.3) is 0 Å². The van der Waals surface area contributed by atoms with Gasteiger partial charge < -0.3 is 4.74 Å². The van der Waals surface area contributed by atoms with Crippen LogP contribution < -0.4 is 0 Å². The number of carbonyl (C=O) groups is 1. The van der Waals surface area contributed by atoms with E-state index in [1.54, 1.807) is 0 Å². The van der Waals surface area contributed by atoms with Gasteiger partial charge in [0.15, 0.2) is 5.78 Å². The third kappa shape index (κ3) is 3.44. The molecule has 4 aliphatic carbocycles. The van der Waals surface area contributed by atoms with Crippen LogP contribution in [0.5, 0.6) is 0 Å². The van der Waals surface area contributed by atoms with Crippen molar-refractivity contribution >= 4 is 5.78 Å². The largest absolute Gasteiger partial charge is 0.359 e. The average molecular weight is 509 g/mol. The van der Waals surface area contributed by atoms with E-state index in [1.165, 1.54) is 48.8 Å². The van der Waals surface area contributed by atoms with Crippen LogP contribution in [0.25, 0.3) is 0 Å². The maximum Gasteiger partial charge on any atom is 0.155 e. The van der Waals surface area contributed by atoms with Gasteiger partial charge in [-0.15, -0.1) is 0 Å². The van der Waals surface area contributed by atoms with Gasteiger partial charge in [-0.25, -0.2) is 0 Å². The van der Waals surface area contributed by atoms with Crippen molar-refractivity contribution in [2.75, 3.05) is 0 Å². The van der Waals surface area contributed by atoms with Gasteiger partial charge in [0.2, 0.25) is 0 Å². The molecule has 200 valence electrons. The number of ketones is 1. The van der Waals surface area contributed by atoms with E-state index in [4.69, 9.17) is 4.74 Å². The van der Waals surface area contributed by atoms with Gasteiger partial charge in [-0.3, -0.25) is 4.79 Å². The van der Waals surface area contributed by atoms with Crippen molar-refractivity contribution in [2.24, 2.45) is 34.5 Å². The number of hydrogen-bond donors (Lipinski definition) is 0. The summed E-state index contributed by atoms with van der Waals surface area (Å²) in [5, 5.41) is 0. The normalized spacial score (nSPS) is 41.7. The second kappa shape index (κ2) is 8.65. The van der Waals surface area contributed by atoms with E-state index in [1.807, 2.05) is 6.08 Å². The maximum atomic E-state index is 12.2. The molecule has 1 heterocycles. The molecule has 0 amide bonds. The fourth-order valence-corrected chi connectivity index (χ4v) is 10.7. The fraction of sp³-hybridized carbons (Fsp3) is 0.583. The topological polar surface area (TPSA) is 26.3 Å². The van der Waals surface area contributed by atoms with Gasteiger partial charge in [-0.05, 0) is 116 Å². The van der Waals surface area contributed by atoms with Crippen molar-refractivity contribution in [3.8, 4) is 0 Å². The van der Waals surface area contributed by atoms with E-state index in [2.05, 4.69) is 81.4 Å². The van der Waals surface area contributed by atoms with Gasteiger partial charge >= 0.3 is 0 Å². The number of fused-ring (bicyclic) bond motifs is 5. The quantitative estimate of drug-likeness (QED) is 0.415. The molecule has 7 rings (SSSR count). The minimum absolute atomic E-state index is 0.122. The van der Waals surface area contributed by atoms with Crippen LogP contribution in [0.15, 0.2) is 72.3 Å². The molecular formula is C36H44O2. The van der Waals surface area contributed by atoms with Crippen LogP contribution in [-0.4, -0.2) is 11.4 Å². The molecule has 1 saturated heterocycles. The molecule has 5 aliphatic rings. The first-order chi connectivity index (χ1) is 18.3. The zero-order chi connectivity index (χ0) is 26.2. The van der Waals surface area contributed by atoms with Crippen LogP contribution in [0.3, 0.4) is 0 Å². The number of hydrogen-bond acceptors (Lipinski definition) is 2. The summed E-state index contributed by atoms with van der Waals surface area (Å²) in [4.78, 5) is 12.2. The van der Waals surface area contributed by atoms with Crippen molar-refractivity contribution in [3.63, 3.8) is 0 Å². The molecule has 2 aromatic rings. The monoisotopic (exact) mass is 508 g/mol. The Morgan fingerprint density at radius 3 is 2.08 bits per heavy atom. The second-order valence-electron chi connectivity index (χ2n) is 14.1. The van der Waals surface area contributed by atoms with E-state index in [9.17, 15) is 4.79 Å². The highest BCUT2D eigenvalue weighted by molar-refractivity contribution is 5.91. The Labute approximate surface area is 229 Å². The lowest BCUT2D eigenvalue weighted by molar-refractivity contribution is -0.150. The van der Waals surface area contributed by atoms with Crippen LogP contribution >= 0.6 is 0 Å². The van der Waals surface area contributed by atoms with Crippen LogP contribution in [0.4, 0.5) is 0 Å². The van der Waals surface area contributed by atoms with E-state index in [-0.39, 0.29) is 16.6 Å². The van der Waals surface area contributed by atoms with E-state index in [0.717, 1.165) is 49.9 Å². The minimum Gasteiger partial charge on any atom is -0.359 e. The summed E-state index contributed by atoms with van der Waals surface area (Å²) in [6, 6.07) is 22.0. The molecule has 0 unspecified atom stereocenters. The molecule has 0 radical (unpaired) electrons. The van der Waals surface area contributed by atoms with Crippen molar-refractivity contribution in [3.05, 3.63) is 83.4 Å². The van der Waals surface area contributed by atoms with Crippen molar-refractivity contribution < 1.29 is 9.53 Å². The molecule has 38 heavy (non-hydrogen) atoms. The lowest BCUT2D eigenvalue weighted by Gasteiger charge is -2.59. The summed E-state index contributed by atoms with van der Waals surface area (Å²) in [5.74, 6) is 3.28. The maximum absolute atomic E-state index is 12.2. The number of carbonyl (C=O) groups excluding carboxylic acids is 1. The molecule has 4 fully saturated rings. The molecule has 2 nitrogen and oxygen atoms in total. The van der Waals surface area contributed by atoms with Crippen LogP contribution in [0.2, 0.25) is 0 Å². The molecule has 0 spiro atoms. The third-order valence-electron chi connectivity index (χ3n) is 12.6. The number of allylic oxidation sites excluding steroid dienone is 1. The molecule has 0 bridgehead atoms. The van der Waals surface area contributed by atoms with Crippen molar-refractivity contribution in [2.45, 2.75) is 96.2 Å². The molecule has 2 heteroatoms. The molecular weight excluding hydrogens is 464 g/mol. The Balaban J connectivity index is 1.21. The summed E-state index contributed by atoms with van der Waals surface area (Å²) in [5.41, 5.74) is 4.17. The number of benzene rings is 2. The molecule has 1 aliphatic heterocycles. The first-order valence-electron chi connectivity index (χ1n) is 15.3. The van der Waals surface area contributed by atoms with Crippen LogP contribution in [0.1, 0.15) is 96.1 Å². The Hall–Kier alpha value is -2.19. The SMILES string of the molecule is C[C@]12CC[C@H]3[C@H](CCC4=CC(=O)CC[C@@]43C)[C@@H]1CC[C@@H]2[C@]1(C)CCC(c2ccccc2)(c2ccccc2)O1. The van der Waals surface area contributed by atoms with Crippen LogP contribution in [-0.2, 0) is 15.1 Å². The Morgan fingerprint density at radius 1 is 0.711 bits per heavy atom. The van der Waals surface area contributed by atoms with Crippen molar-refractivity contribution in [1.82, 2.24) is 0 Å². The standard InChI is InChI=1S/C36H44O2/c1-33-20-18-28(37)24-27(33)14-15-29-30-16-17-32(34(30,2)21-19-31(29)33)35(3)22-23-36(38-35,25-10-6-4-7-11-25)26-12-8-5-9-13-26/h4-13,24,29-32H,14-23H2,1-3H3/t29-,30+,31+,32+,33+,34+,35+/m1/s1. The summed E-state index contributed by atoms with van der Waals surface area (Å²) in [7, 11) is 0. The molecule has 2 aromatic carbocycles. The van der Waals surface area contributed by atoms with E-state index >= 15 is 0 Å². The molecule has 3 saturated carbocycles. The predicted octanol–water partition coefficient (Wildman–Crippen LogP) is 8.65. The second-order valence-corrected chi connectivity index (χ2v) is 14.1. The van der Waals surface area contributed by atoms with Gasteiger partial charge in [-0.1, -0.05) is 80.1 Å². The summed E-state index contributed by atoms with van der Waals surface area (Å²) in [6.07, 6.45) is 13.7. The van der Waals surface area contributed by atoms with E-state index < -0.39 is 0 Å². The molecule has 0 N–H and O–H groups in total. The van der Waals surface area contributed by atoms with Gasteiger partial charge in [0, 0.05) is 6.42 Å². The molecule has 0 aromatic heterocycles. The van der Waals surface area contributed by atoms with Crippen molar-refractivity contribution in [1.29, 1.82) is 0 Å². The first kappa shape index (κ1) is 24.8. The summed E-state index contributed by atoms with van der Waals surface area (Å²) < 4.78 is 7.51. The third-order valence-corrected chi connectivity index (χ3v) is 12.6. The Bertz CT molecular complexity index is 1210. The summed E-state index contributed by atoms with van der Waals surface area (Å²) >= 11 is 0. The number of ether oxygens (including phenoxy) is 1. The summed E-state index contributed by atoms with van der Waals surface area (Å²) in [6.45, 7) is 7.61. The predicted molar refractivity (Wildman–Crippen MR) is 153 cm³/mol. The number of rotatable bonds is 3. The fourth-order valence-electron chi connectivity index (χ4n) is 10.7. The Morgan fingerprint density at radius 2 is 1.39 bits per heavy atom. The minimum atomic E-state index is -0.366. The Kier molecular flexibility index (Phi) is 5.65. The highest BCUT2D eigenvalue weighted by Gasteiger charge is 2.64. The van der Waals surface area contributed by atoms with Gasteiger partial charge in [0.1, 0.15) is 5.60 Å². The zero-order valence-corrected chi connectivity index (χ0v) is 23.5. The van der Waals surface area contributed by atoms with E-state index in [0.29, 0.717) is 17.1 Å².